The summed E-state index contributed by atoms with van der Waals surface area (Å²) in [7, 11) is 0. The third-order valence-corrected chi connectivity index (χ3v) is 3.73. The minimum atomic E-state index is -0.437. The van der Waals surface area contributed by atoms with Crippen LogP contribution in [-0.4, -0.2) is 5.11 Å². The number of rotatable bonds is 4. The van der Waals surface area contributed by atoms with Crippen LogP contribution in [-0.2, 0) is 6.61 Å². The summed E-state index contributed by atoms with van der Waals surface area (Å²) in [5.41, 5.74) is 1.07. The standard InChI is InChI=1S/C13H13ClO2S/c1-9(15)12-6-7-13(17-12)16-8-10-2-4-11(14)5-3-10/h2-7,9,15H,8H2,1H3. The van der Waals surface area contributed by atoms with Gasteiger partial charge in [-0.1, -0.05) is 23.7 Å². The maximum atomic E-state index is 9.39. The molecule has 0 aliphatic carbocycles. The summed E-state index contributed by atoms with van der Waals surface area (Å²) in [5, 5.41) is 10.9. The average molecular weight is 269 g/mol. The third kappa shape index (κ3) is 3.46. The van der Waals surface area contributed by atoms with E-state index in [0.717, 1.165) is 20.5 Å². The normalized spacial score (nSPS) is 12.4. The summed E-state index contributed by atoms with van der Waals surface area (Å²) < 4.78 is 5.63. The molecule has 1 aromatic carbocycles. The molecule has 1 unspecified atom stereocenters. The minimum absolute atomic E-state index is 0.437. The molecule has 1 aromatic heterocycles. The van der Waals surface area contributed by atoms with E-state index < -0.39 is 6.10 Å². The zero-order chi connectivity index (χ0) is 12.3. The second kappa shape index (κ2) is 5.54. The van der Waals surface area contributed by atoms with Gasteiger partial charge in [-0.05, 0) is 36.8 Å². The molecule has 0 fully saturated rings. The first-order valence-corrected chi connectivity index (χ1v) is 6.49. The highest BCUT2D eigenvalue weighted by Crippen LogP contribution is 2.29. The van der Waals surface area contributed by atoms with Crippen LogP contribution in [0.4, 0.5) is 0 Å². The summed E-state index contributed by atoms with van der Waals surface area (Å²) in [5.74, 6) is 0. The van der Waals surface area contributed by atoms with Gasteiger partial charge in [0.1, 0.15) is 6.61 Å². The Balaban J connectivity index is 1.95. The van der Waals surface area contributed by atoms with E-state index in [-0.39, 0.29) is 0 Å². The molecule has 0 spiro atoms. The molecular weight excluding hydrogens is 256 g/mol. The number of aliphatic hydroxyl groups is 1. The Hall–Kier alpha value is -1.03. The molecule has 1 atom stereocenters. The van der Waals surface area contributed by atoms with Crippen LogP contribution in [0.3, 0.4) is 0 Å². The summed E-state index contributed by atoms with van der Waals surface area (Å²) in [6.07, 6.45) is -0.437. The van der Waals surface area contributed by atoms with Crippen molar-refractivity contribution in [2.24, 2.45) is 0 Å². The van der Waals surface area contributed by atoms with Crippen LogP contribution in [0.25, 0.3) is 0 Å². The molecule has 0 saturated carbocycles. The van der Waals surface area contributed by atoms with Gasteiger partial charge in [-0.3, -0.25) is 0 Å². The highest BCUT2D eigenvalue weighted by Gasteiger charge is 2.05. The van der Waals surface area contributed by atoms with E-state index in [1.807, 2.05) is 36.4 Å². The SMILES string of the molecule is CC(O)c1ccc(OCc2ccc(Cl)cc2)s1. The fraction of sp³-hybridized carbons (Fsp3) is 0.231. The first kappa shape index (κ1) is 12.4. The van der Waals surface area contributed by atoms with Gasteiger partial charge in [0.05, 0.1) is 6.10 Å². The lowest BCUT2D eigenvalue weighted by atomic mass is 10.2. The van der Waals surface area contributed by atoms with Crippen molar-refractivity contribution in [3.8, 4) is 5.06 Å². The van der Waals surface area contributed by atoms with Crippen molar-refractivity contribution in [3.05, 3.63) is 51.9 Å². The topological polar surface area (TPSA) is 29.5 Å². The molecule has 4 heteroatoms. The lowest BCUT2D eigenvalue weighted by Gasteiger charge is -2.03. The van der Waals surface area contributed by atoms with Gasteiger partial charge in [-0.15, -0.1) is 11.3 Å². The maximum absolute atomic E-state index is 9.39. The van der Waals surface area contributed by atoms with Gasteiger partial charge in [0.15, 0.2) is 5.06 Å². The van der Waals surface area contributed by atoms with Crippen molar-refractivity contribution >= 4 is 22.9 Å². The first-order chi connectivity index (χ1) is 8.15. The molecule has 2 nitrogen and oxygen atoms in total. The lowest BCUT2D eigenvalue weighted by molar-refractivity contribution is 0.203. The Morgan fingerprint density at radius 2 is 1.94 bits per heavy atom. The van der Waals surface area contributed by atoms with Crippen LogP contribution in [0.5, 0.6) is 5.06 Å². The highest BCUT2D eigenvalue weighted by atomic mass is 35.5. The molecule has 17 heavy (non-hydrogen) atoms. The first-order valence-electron chi connectivity index (χ1n) is 5.30. The molecule has 1 heterocycles. The van der Waals surface area contributed by atoms with Gasteiger partial charge in [0.25, 0.3) is 0 Å². The number of ether oxygens (including phenoxy) is 1. The molecular formula is C13H13ClO2S. The van der Waals surface area contributed by atoms with Crippen molar-refractivity contribution in [1.82, 2.24) is 0 Å². The van der Waals surface area contributed by atoms with Gasteiger partial charge in [0.2, 0.25) is 0 Å². The molecule has 2 aromatic rings. The van der Waals surface area contributed by atoms with Crippen LogP contribution in [0, 0.1) is 0 Å². The Morgan fingerprint density at radius 3 is 2.53 bits per heavy atom. The third-order valence-electron chi connectivity index (χ3n) is 2.31. The van der Waals surface area contributed by atoms with Crippen LogP contribution < -0.4 is 4.74 Å². The molecule has 2 rings (SSSR count). The summed E-state index contributed by atoms with van der Waals surface area (Å²) in [6.45, 7) is 2.26. The van der Waals surface area contributed by atoms with Crippen LogP contribution >= 0.6 is 22.9 Å². The minimum Gasteiger partial charge on any atom is -0.479 e. The Bertz CT molecular complexity index is 476. The fourth-order valence-electron chi connectivity index (χ4n) is 1.37. The molecule has 0 bridgehead atoms. The fourth-order valence-corrected chi connectivity index (χ4v) is 2.29. The quantitative estimate of drug-likeness (QED) is 0.907. The van der Waals surface area contributed by atoms with Crippen molar-refractivity contribution in [3.63, 3.8) is 0 Å². The van der Waals surface area contributed by atoms with Crippen molar-refractivity contribution < 1.29 is 9.84 Å². The molecule has 0 saturated heterocycles. The molecule has 1 N–H and O–H groups in total. The monoisotopic (exact) mass is 268 g/mol. The van der Waals surface area contributed by atoms with Gasteiger partial charge in [-0.25, -0.2) is 0 Å². The lowest BCUT2D eigenvalue weighted by Crippen LogP contribution is -1.92. The number of halogens is 1. The number of aliphatic hydroxyl groups excluding tert-OH is 1. The Morgan fingerprint density at radius 1 is 1.24 bits per heavy atom. The highest BCUT2D eigenvalue weighted by molar-refractivity contribution is 7.13. The Kier molecular flexibility index (Phi) is 4.05. The van der Waals surface area contributed by atoms with E-state index in [4.69, 9.17) is 16.3 Å². The molecule has 0 aliphatic heterocycles. The maximum Gasteiger partial charge on any atom is 0.174 e. The summed E-state index contributed by atoms with van der Waals surface area (Å²) in [6, 6.07) is 11.3. The Labute approximate surface area is 109 Å². The van der Waals surface area contributed by atoms with E-state index >= 15 is 0 Å². The van der Waals surface area contributed by atoms with Crippen LogP contribution in [0.2, 0.25) is 5.02 Å². The van der Waals surface area contributed by atoms with Crippen molar-refractivity contribution in [2.75, 3.05) is 0 Å². The van der Waals surface area contributed by atoms with Crippen molar-refractivity contribution in [1.29, 1.82) is 0 Å². The van der Waals surface area contributed by atoms with Gasteiger partial charge in [-0.2, -0.15) is 0 Å². The van der Waals surface area contributed by atoms with E-state index in [1.165, 1.54) is 11.3 Å². The summed E-state index contributed by atoms with van der Waals surface area (Å²) >= 11 is 7.27. The molecule has 0 amide bonds. The smallest absolute Gasteiger partial charge is 0.174 e. The van der Waals surface area contributed by atoms with Gasteiger partial charge < -0.3 is 9.84 Å². The number of benzene rings is 1. The van der Waals surface area contributed by atoms with E-state index in [9.17, 15) is 5.11 Å². The number of thiophene rings is 1. The second-order valence-electron chi connectivity index (χ2n) is 3.75. The van der Waals surface area contributed by atoms with Crippen LogP contribution in [0.1, 0.15) is 23.5 Å². The zero-order valence-electron chi connectivity index (χ0n) is 9.39. The zero-order valence-corrected chi connectivity index (χ0v) is 11.0. The molecule has 0 aliphatic rings. The number of hydrogen-bond donors (Lipinski definition) is 1. The largest absolute Gasteiger partial charge is 0.479 e. The van der Waals surface area contributed by atoms with Gasteiger partial charge >= 0.3 is 0 Å². The average Bonchev–Trinajstić information content (AvgIpc) is 2.77. The predicted molar refractivity (Wildman–Crippen MR) is 70.7 cm³/mol. The van der Waals surface area contributed by atoms with E-state index in [0.29, 0.717) is 6.61 Å². The second-order valence-corrected chi connectivity index (χ2v) is 5.26. The van der Waals surface area contributed by atoms with Gasteiger partial charge in [0, 0.05) is 9.90 Å². The van der Waals surface area contributed by atoms with E-state index in [1.54, 1.807) is 6.92 Å². The summed E-state index contributed by atoms with van der Waals surface area (Å²) in [4.78, 5) is 0.913. The molecule has 90 valence electrons. The predicted octanol–water partition coefficient (Wildman–Crippen LogP) is 4.03. The van der Waals surface area contributed by atoms with Crippen LogP contribution in [0.15, 0.2) is 36.4 Å². The molecule has 0 radical (unpaired) electrons. The van der Waals surface area contributed by atoms with Crippen molar-refractivity contribution in [2.45, 2.75) is 19.6 Å². The van der Waals surface area contributed by atoms with E-state index in [2.05, 4.69) is 0 Å². The number of hydrogen-bond acceptors (Lipinski definition) is 3.